The highest BCUT2D eigenvalue weighted by atomic mass is 16.3. The average Bonchev–Trinajstić information content (AvgIpc) is 2.55. The molecule has 0 fully saturated rings. The highest BCUT2D eigenvalue weighted by Crippen LogP contribution is 2.22. The molecular formula is C18H17N3O2. The largest absolute Gasteiger partial charge is 0.405 e. The molecular weight excluding hydrogens is 290 g/mol. The van der Waals surface area contributed by atoms with Crippen molar-refractivity contribution in [1.82, 2.24) is 9.55 Å². The lowest BCUT2D eigenvalue weighted by atomic mass is 10.0. The molecule has 0 aliphatic carbocycles. The van der Waals surface area contributed by atoms with Gasteiger partial charge in [-0.1, -0.05) is 30.3 Å². The van der Waals surface area contributed by atoms with Gasteiger partial charge in [0.1, 0.15) is 5.82 Å². The van der Waals surface area contributed by atoms with Crippen molar-refractivity contribution < 1.29 is 5.11 Å². The Morgan fingerprint density at radius 3 is 2.61 bits per heavy atom. The molecule has 0 radical (unpaired) electrons. The predicted molar refractivity (Wildman–Crippen MR) is 90.4 cm³/mol. The number of rotatable bonds is 3. The molecule has 1 aromatic heterocycles. The van der Waals surface area contributed by atoms with Gasteiger partial charge in [0.25, 0.3) is 5.56 Å². The molecule has 0 saturated carbocycles. The van der Waals surface area contributed by atoms with E-state index in [1.54, 1.807) is 29.7 Å². The molecule has 0 aliphatic rings. The zero-order valence-electron chi connectivity index (χ0n) is 12.7. The second-order valence-electron chi connectivity index (χ2n) is 5.21. The monoisotopic (exact) mass is 307 g/mol. The molecule has 1 heterocycles. The van der Waals surface area contributed by atoms with Gasteiger partial charge in [-0.25, -0.2) is 4.98 Å². The molecule has 3 aromatic rings. The molecule has 1 atom stereocenters. The van der Waals surface area contributed by atoms with E-state index in [4.69, 9.17) is 5.73 Å². The topological polar surface area (TPSA) is 81.1 Å². The molecule has 2 aromatic carbocycles. The van der Waals surface area contributed by atoms with Crippen molar-refractivity contribution in [3.05, 3.63) is 82.5 Å². The normalized spacial score (nSPS) is 12.8. The number of aromatic nitrogens is 2. The summed E-state index contributed by atoms with van der Waals surface area (Å²) >= 11 is 0. The molecule has 3 rings (SSSR count). The Labute approximate surface area is 133 Å². The molecule has 0 bridgehead atoms. The number of fused-ring (bicyclic) bond motifs is 1. The Morgan fingerprint density at radius 1 is 1.17 bits per heavy atom. The van der Waals surface area contributed by atoms with Crippen LogP contribution in [0.3, 0.4) is 0 Å². The third kappa shape index (κ3) is 2.62. The molecule has 5 nitrogen and oxygen atoms in total. The molecule has 0 amide bonds. The fourth-order valence-electron chi connectivity index (χ4n) is 2.70. The second kappa shape index (κ2) is 6.06. The number of hydrogen-bond donors (Lipinski definition) is 2. The quantitative estimate of drug-likeness (QED) is 0.777. The lowest BCUT2D eigenvalue weighted by molar-refractivity contribution is 0.230. The first-order valence-electron chi connectivity index (χ1n) is 7.27. The first-order chi connectivity index (χ1) is 11.1. The van der Waals surface area contributed by atoms with Gasteiger partial charge in [-0.2, -0.15) is 0 Å². The number of aliphatic hydroxyl groups is 1. The summed E-state index contributed by atoms with van der Waals surface area (Å²) in [6, 6.07) is 14.6. The number of hydrogen-bond acceptors (Lipinski definition) is 4. The van der Waals surface area contributed by atoms with E-state index in [2.05, 4.69) is 4.98 Å². The zero-order valence-corrected chi connectivity index (χ0v) is 12.7. The summed E-state index contributed by atoms with van der Waals surface area (Å²) in [5.74, 6) is 0.592. The molecule has 0 aliphatic heterocycles. The smallest absolute Gasteiger partial charge is 0.266 e. The van der Waals surface area contributed by atoms with Gasteiger partial charge in [0.05, 0.1) is 22.7 Å². The summed E-state index contributed by atoms with van der Waals surface area (Å²) in [4.78, 5) is 17.5. The lowest BCUT2D eigenvalue weighted by Gasteiger charge is -2.14. The molecule has 0 spiro atoms. The van der Waals surface area contributed by atoms with Crippen LogP contribution in [-0.2, 0) is 0 Å². The van der Waals surface area contributed by atoms with Crippen molar-refractivity contribution in [1.29, 1.82) is 0 Å². The maximum absolute atomic E-state index is 13.0. The third-order valence-corrected chi connectivity index (χ3v) is 3.72. The third-order valence-electron chi connectivity index (χ3n) is 3.72. The molecule has 5 heteroatoms. The first kappa shape index (κ1) is 15.0. The summed E-state index contributed by atoms with van der Waals surface area (Å²) < 4.78 is 1.55. The van der Waals surface area contributed by atoms with Gasteiger partial charge in [0, 0.05) is 0 Å². The van der Waals surface area contributed by atoms with Crippen LogP contribution in [0.2, 0.25) is 0 Å². The highest BCUT2D eigenvalue weighted by Gasteiger charge is 2.16. The fraction of sp³-hybridized carbons (Fsp3) is 0.111. The molecule has 1 unspecified atom stereocenters. The van der Waals surface area contributed by atoms with E-state index in [0.29, 0.717) is 22.3 Å². The highest BCUT2D eigenvalue weighted by molar-refractivity contribution is 5.82. The Morgan fingerprint density at radius 2 is 1.91 bits per heavy atom. The number of aliphatic hydroxyl groups excluding tert-OH is 1. The predicted octanol–water partition coefficient (Wildman–Crippen LogP) is 2.20. The summed E-state index contributed by atoms with van der Waals surface area (Å²) in [5, 5.41) is 10.6. The van der Waals surface area contributed by atoms with Crippen LogP contribution >= 0.6 is 0 Å². The van der Waals surface area contributed by atoms with Gasteiger partial charge in [-0.15, -0.1) is 0 Å². The molecule has 116 valence electrons. The van der Waals surface area contributed by atoms with E-state index in [9.17, 15) is 9.90 Å². The van der Waals surface area contributed by atoms with E-state index in [1.165, 1.54) is 12.3 Å². The van der Waals surface area contributed by atoms with Crippen molar-refractivity contribution in [2.45, 2.75) is 13.0 Å². The standard InChI is InChI=1S/C18H17N3O2/c1-12-20-15-9-5-8-14(16(22)10-11-19)17(15)18(23)21(12)13-6-3-2-4-7-13/h2-11,16,22H,19H2,1H3/b11-10+. The molecule has 0 saturated heterocycles. The molecule has 23 heavy (non-hydrogen) atoms. The van der Waals surface area contributed by atoms with Crippen LogP contribution in [0.1, 0.15) is 17.5 Å². The van der Waals surface area contributed by atoms with Gasteiger partial charge in [0.15, 0.2) is 0 Å². The second-order valence-corrected chi connectivity index (χ2v) is 5.21. The van der Waals surface area contributed by atoms with Crippen molar-refractivity contribution in [3.63, 3.8) is 0 Å². The van der Waals surface area contributed by atoms with Gasteiger partial charge in [-0.3, -0.25) is 9.36 Å². The van der Waals surface area contributed by atoms with Crippen LogP contribution in [0.25, 0.3) is 16.6 Å². The SMILES string of the molecule is Cc1nc2cccc(C(O)/C=C/N)c2c(=O)n1-c1ccccc1. The number of nitrogens with zero attached hydrogens (tertiary/aromatic N) is 2. The average molecular weight is 307 g/mol. The Kier molecular flexibility index (Phi) is 3.95. The van der Waals surface area contributed by atoms with Gasteiger partial charge in [-0.05, 0) is 43.0 Å². The minimum absolute atomic E-state index is 0.209. The van der Waals surface area contributed by atoms with Crippen molar-refractivity contribution in [2.75, 3.05) is 0 Å². The first-order valence-corrected chi connectivity index (χ1v) is 7.27. The van der Waals surface area contributed by atoms with Gasteiger partial charge in [0.2, 0.25) is 0 Å². The molecule has 3 N–H and O–H groups in total. The minimum atomic E-state index is -0.954. The Hall–Kier alpha value is -2.92. The maximum atomic E-state index is 13.0. The van der Waals surface area contributed by atoms with E-state index >= 15 is 0 Å². The van der Waals surface area contributed by atoms with Crippen LogP contribution in [0.5, 0.6) is 0 Å². The summed E-state index contributed by atoms with van der Waals surface area (Å²) in [7, 11) is 0. The van der Waals surface area contributed by atoms with Crippen LogP contribution in [0.15, 0.2) is 65.6 Å². The van der Waals surface area contributed by atoms with Crippen molar-refractivity contribution in [2.24, 2.45) is 5.73 Å². The lowest BCUT2D eigenvalue weighted by Crippen LogP contribution is -2.23. The van der Waals surface area contributed by atoms with Crippen LogP contribution < -0.4 is 11.3 Å². The van der Waals surface area contributed by atoms with Crippen LogP contribution in [0.4, 0.5) is 0 Å². The Bertz CT molecular complexity index is 930. The summed E-state index contributed by atoms with van der Waals surface area (Å²) in [5.41, 5.74) is 6.93. The minimum Gasteiger partial charge on any atom is -0.405 e. The van der Waals surface area contributed by atoms with E-state index in [1.807, 2.05) is 30.3 Å². The van der Waals surface area contributed by atoms with Gasteiger partial charge >= 0.3 is 0 Å². The van der Waals surface area contributed by atoms with Crippen LogP contribution in [0, 0.1) is 6.92 Å². The van der Waals surface area contributed by atoms with E-state index in [0.717, 1.165) is 5.69 Å². The summed E-state index contributed by atoms with van der Waals surface area (Å²) in [6.45, 7) is 1.79. The van der Waals surface area contributed by atoms with Crippen molar-refractivity contribution in [3.8, 4) is 5.69 Å². The number of aryl methyl sites for hydroxylation is 1. The number of nitrogens with two attached hydrogens (primary N) is 1. The summed E-state index contributed by atoms with van der Waals surface area (Å²) in [6.07, 6.45) is 1.74. The van der Waals surface area contributed by atoms with Crippen LogP contribution in [-0.4, -0.2) is 14.7 Å². The zero-order chi connectivity index (χ0) is 16.4. The Balaban J connectivity index is 2.37. The fourth-order valence-corrected chi connectivity index (χ4v) is 2.70. The number of benzene rings is 2. The van der Waals surface area contributed by atoms with E-state index < -0.39 is 6.10 Å². The maximum Gasteiger partial charge on any atom is 0.266 e. The number of para-hydroxylation sites is 1. The van der Waals surface area contributed by atoms with E-state index in [-0.39, 0.29) is 5.56 Å². The van der Waals surface area contributed by atoms with Crippen molar-refractivity contribution >= 4 is 10.9 Å². The van der Waals surface area contributed by atoms with Gasteiger partial charge < -0.3 is 10.8 Å².